The van der Waals surface area contributed by atoms with Crippen LogP contribution in [0, 0.1) is 0 Å². The summed E-state index contributed by atoms with van der Waals surface area (Å²) in [5.74, 6) is 0.900. The highest BCUT2D eigenvalue weighted by molar-refractivity contribution is 6.65. The van der Waals surface area contributed by atoms with Crippen LogP contribution in [0.2, 0.25) is 13.1 Å². The van der Waals surface area contributed by atoms with Crippen molar-refractivity contribution in [2.75, 3.05) is 6.61 Å². The van der Waals surface area contributed by atoms with Crippen LogP contribution >= 0.6 is 0 Å². The number of rotatable bonds is 10. The highest BCUT2D eigenvalue weighted by Crippen LogP contribution is 2.24. The van der Waals surface area contributed by atoms with Crippen LogP contribution in [-0.4, -0.2) is 15.2 Å². The van der Waals surface area contributed by atoms with Crippen LogP contribution in [0.4, 0.5) is 0 Å². The molecule has 0 amide bonds. The summed E-state index contributed by atoms with van der Waals surface area (Å²) in [5.41, 5.74) is 2.43. The summed E-state index contributed by atoms with van der Waals surface area (Å²) in [5, 5.41) is 0. The fourth-order valence-electron chi connectivity index (χ4n) is 2.68. The molecule has 0 aliphatic heterocycles. The summed E-state index contributed by atoms with van der Waals surface area (Å²) in [6, 6.07) is 18.7. The molecular formula is C21H30O2Si. The second kappa shape index (κ2) is 9.65. The SMILES string of the molecule is CCCCCCCO[Si](C)(C)Oc1ccc(-c2ccccc2)cc1. The summed E-state index contributed by atoms with van der Waals surface area (Å²) in [6.45, 7) is 7.28. The number of unbranched alkanes of at least 4 members (excludes halogenated alkanes) is 4. The van der Waals surface area contributed by atoms with Crippen LogP contribution in [0.15, 0.2) is 54.6 Å². The van der Waals surface area contributed by atoms with Crippen LogP contribution in [0.25, 0.3) is 11.1 Å². The molecule has 0 fully saturated rings. The molecule has 0 spiro atoms. The summed E-state index contributed by atoms with van der Waals surface area (Å²) >= 11 is 0. The third-order valence-corrected chi connectivity index (χ3v) is 5.65. The predicted molar refractivity (Wildman–Crippen MR) is 105 cm³/mol. The summed E-state index contributed by atoms with van der Waals surface area (Å²) in [4.78, 5) is 0. The molecule has 0 heterocycles. The fraction of sp³-hybridized carbons (Fsp3) is 0.429. The molecule has 2 nitrogen and oxygen atoms in total. The van der Waals surface area contributed by atoms with Gasteiger partial charge < -0.3 is 8.85 Å². The van der Waals surface area contributed by atoms with Gasteiger partial charge in [-0.05, 0) is 42.8 Å². The van der Waals surface area contributed by atoms with E-state index in [2.05, 4.69) is 56.4 Å². The summed E-state index contributed by atoms with van der Waals surface area (Å²) < 4.78 is 12.2. The van der Waals surface area contributed by atoms with Gasteiger partial charge in [0.05, 0.1) is 0 Å². The maximum atomic E-state index is 6.14. The molecule has 2 rings (SSSR count). The largest absolute Gasteiger partial charge is 0.520 e. The van der Waals surface area contributed by atoms with Crippen molar-refractivity contribution >= 4 is 8.56 Å². The molecule has 2 aromatic carbocycles. The lowest BCUT2D eigenvalue weighted by Gasteiger charge is -2.24. The van der Waals surface area contributed by atoms with Gasteiger partial charge in [0.1, 0.15) is 5.75 Å². The van der Waals surface area contributed by atoms with Gasteiger partial charge in [0.15, 0.2) is 0 Å². The van der Waals surface area contributed by atoms with E-state index in [0.717, 1.165) is 18.8 Å². The standard InChI is InChI=1S/C21H30O2Si/c1-4-5-6-7-11-18-22-24(2,3)23-21-16-14-20(15-17-21)19-12-9-8-10-13-19/h8-10,12-17H,4-7,11,18H2,1-3H3. The minimum absolute atomic E-state index is 0.811. The monoisotopic (exact) mass is 342 g/mol. The van der Waals surface area contributed by atoms with Gasteiger partial charge in [-0.15, -0.1) is 0 Å². The van der Waals surface area contributed by atoms with Crippen molar-refractivity contribution in [3.8, 4) is 16.9 Å². The van der Waals surface area contributed by atoms with Crippen molar-refractivity contribution < 1.29 is 8.85 Å². The van der Waals surface area contributed by atoms with Gasteiger partial charge in [-0.25, -0.2) is 0 Å². The van der Waals surface area contributed by atoms with E-state index in [1.807, 2.05) is 18.2 Å². The second-order valence-corrected chi connectivity index (χ2v) is 9.95. The molecule has 0 bridgehead atoms. The van der Waals surface area contributed by atoms with E-state index < -0.39 is 8.56 Å². The molecule has 3 heteroatoms. The number of hydrogen-bond donors (Lipinski definition) is 0. The Bertz CT molecular complexity index is 579. The van der Waals surface area contributed by atoms with Crippen molar-refractivity contribution in [2.24, 2.45) is 0 Å². The lowest BCUT2D eigenvalue weighted by Crippen LogP contribution is -2.38. The first kappa shape index (κ1) is 18.8. The fourth-order valence-corrected chi connectivity index (χ4v) is 4.08. The van der Waals surface area contributed by atoms with Crippen molar-refractivity contribution in [2.45, 2.75) is 52.1 Å². The molecule has 2 aromatic rings. The van der Waals surface area contributed by atoms with Gasteiger partial charge in [-0.3, -0.25) is 0 Å². The van der Waals surface area contributed by atoms with Crippen LogP contribution < -0.4 is 4.43 Å². The third-order valence-electron chi connectivity index (χ3n) is 4.02. The van der Waals surface area contributed by atoms with Gasteiger partial charge in [0.2, 0.25) is 0 Å². The van der Waals surface area contributed by atoms with Crippen LogP contribution in [-0.2, 0) is 4.43 Å². The minimum atomic E-state index is -2.11. The van der Waals surface area contributed by atoms with E-state index in [0.29, 0.717) is 0 Å². The third kappa shape index (κ3) is 6.50. The summed E-state index contributed by atoms with van der Waals surface area (Å²) in [6.07, 6.45) is 6.30. The highest BCUT2D eigenvalue weighted by Gasteiger charge is 2.26. The Morgan fingerprint density at radius 1 is 0.750 bits per heavy atom. The van der Waals surface area contributed by atoms with E-state index in [-0.39, 0.29) is 0 Å². The lowest BCUT2D eigenvalue weighted by molar-refractivity contribution is 0.241. The molecule has 24 heavy (non-hydrogen) atoms. The highest BCUT2D eigenvalue weighted by atomic mass is 28.4. The molecule has 0 atom stereocenters. The Morgan fingerprint density at radius 2 is 1.38 bits per heavy atom. The molecule has 0 saturated heterocycles. The second-order valence-electron chi connectivity index (χ2n) is 6.65. The van der Waals surface area contributed by atoms with Gasteiger partial charge in [-0.2, -0.15) is 0 Å². The Kier molecular flexibility index (Phi) is 7.54. The van der Waals surface area contributed by atoms with Crippen molar-refractivity contribution in [1.82, 2.24) is 0 Å². The summed E-state index contributed by atoms with van der Waals surface area (Å²) in [7, 11) is -2.11. The number of hydrogen-bond acceptors (Lipinski definition) is 2. The molecule has 0 N–H and O–H groups in total. The van der Waals surface area contributed by atoms with Crippen molar-refractivity contribution in [3.63, 3.8) is 0 Å². The first-order valence-electron chi connectivity index (χ1n) is 9.09. The molecular weight excluding hydrogens is 312 g/mol. The van der Waals surface area contributed by atoms with Crippen LogP contribution in [0.3, 0.4) is 0 Å². The van der Waals surface area contributed by atoms with Gasteiger partial charge in [0.25, 0.3) is 0 Å². The van der Waals surface area contributed by atoms with Gasteiger partial charge >= 0.3 is 8.56 Å². The van der Waals surface area contributed by atoms with Crippen LogP contribution in [0.1, 0.15) is 39.0 Å². The zero-order valence-corrected chi connectivity index (χ0v) is 16.3. The maximum Gasteiger partial charge on any atom is 0.392 e. The van der Waals surface area contributed by atoms with E-state index in [4.69, 9.17) is 8.85 Å². The average molecular weight is 343 g/mol. The minimum Gasteiger partial charge on any atom is -0.520 e. The van der Waals surface area contributed by atoms with E-state index in [9.17, 15) is 0 Å². The number of benzene rings is 2. The average Bonchev–Trinajstić information content (AvgIpc) is 2.59. The Hall–Kier alpha value is -1.58. The maximum absolute atomic E-state index is 6.14. The zero-order chi connectivity index (χ0) is 17.3. The topological polar surface area (TPSA) is 18.5 Å². The first-order chi connectivity index (χ1) is 11.6. The zero-order valence-electron chi connectivity index (χ0n) is 15.3. The Morgan fingerprint density at radius 3 is 2.04 bits per heavy atom. The first-order valence-corrected chi connectivity index (χ1v) is 11.9. The quantitative estimate of drug-likeness (QED) is 0.366. The molecule has 0 saturated carbocycles. The molecule has 0 aliphatic rings. The normalized spacial score (nSPS) is 11.5. The predicted octanol–water partition coefficient (Wildman–Crippen LogP) is 6.42. The van der Waals surface area contributed by atoms with Gasteiger partial charge in [0, 0.05) is 6.61 Å². The molecule has 130 valence electrons. The smallest absolute Gasteiger partial charge is 0.392 e. The van der Waals surface area contributed by atoms with E-state index in [1.54, 1.807) is 0 Å². The van der Waals surface area contributed by atoms with Crippen molar-refractivity contribution in [3.05, 3.63) is 54.6 Å². The Balaban J connectivity index is 1.81. The molecule has 0 radical (unpaired) electrons. The van der Waals surface area contributed by atoms with Gasteiger partial charge in [-0.1, -0.05) is 75.1 Å². The van der Waals surface area contributed by atoms with Crippen molar-refractivity contribution in [1.29, 1.82) is 0 Å². The molecule has 0 unspecified atom stereocenters. The van der Waals surface area contributed by atoms with E-state index >= 15 is 0 Å². The molecule has 0 aromatic heterocycles. The van der Waals surface area contributed by atoms with E-state index in [1.165, 1.54) is 36.8 Å². The Labute approximate surface area is 148 Å². The van der Waals surface area contributed by atoms with Crippen LogP contribution in [0.5, 0.6) is 5.75 Å². The molecule has 0 aliphatic carbocycles. The lowest BCUT2D eigenvalue weighted by atomic mass is 10.1.